The first-order valence-electron chi connectivity index (χ1n) is 8.40. The minimum atomic E-state index is -0.175. The van der Waals surface area contributed by atoms with Crippen molar-refractivity contribution in [1.82, 2.24) is 5.32 Å². The molecule has 20 heavy (non-hydrogen) atoms. The van der Waals surface area contributed by atoms with E-state index in [1.54, 1.807) is 0 Å². The van der Waals surface area contributed by atoms with Crippen LogP contribution in [0, 0.1) is 16.7 Å². The van der Waals surface area contributed by atoms with Gasteiger partial charge in [0.2, 0.25) is 0 Å². The standard InChI is InChI=1S/C17H29NO2/c1-16(2)12-9-10-17(16,3)14(11-12)20-15(19)18-13-7-5-4-6-8-13/h12-14H,4-11H2,1-3H3,(H,18,19)/t12-,14+,17+/m0/s1. The van der Waals surface area contributed by atoms with Gasteiger partial charge in [0.25, 0.3) is 0 Å². The van der Waals surface area contributed by atoms with Crippen molar-refractivity contribution in [1.29, 1.82) is 0 Å². The normalized spacial score (nSPS) is 39.8. The highest BCUT2D eigenvalue weighted by atomic mass is 16.6. The molecule has 1 N–H and O–H groups in total. The van der Waals surface area contributed by atoms with Crippen LogP contribution in [0.3, 0.4) is 0 Å². The van der Waals surface area contributed by atoms with Crippen molar-refractivity contribution in [2.75, 3.05) is 0 Å². The van der Waals surface area contributed by atoms with Gasteiger partial charge in [0.05, 0.1) is 0 Å². The third-order valence-electron chi connectivity index (χ3n) is 6.89. The second-order valence-electron chi connectivity index (χ2n) is 7.98. The van der Waals surface area contributed by atoms with Gasteiger partial charge >= 0.3 is 6.09 Å². The number of hydrogen-bond acceptors (Lipinski definition) is 2. The van der Waals surface area contributed by atoms with Crippen LogP contribution < -0.4 is 5.32 Å². The Kier molecular flexibility index (Phi) is 3.50. The minimum absolute atomic E-state index is 0.111. The second-order valence-corrected chi connectivity index (χ2v) is 7.98. The van der Waals surface area contributed by atoms with Gasteiger partial charge in [-0.25, -0.2) is 4.79 Å². The molecule has 0 spiro atoms. The van der Waals surface area contributed by atoms with Crippen LogP contribution in [0.1, 0.15) is 72.1 Å². The lowest BCUT2D eigenvalue weighted by molar-refractivity contribution is -0.00567. The Bertz CT molecular complexity index is 386. The largest absolute Gasteiger partial charge is 0.446 e. The Hall–Kier alpha value is -0.730. The highest BCUT2D eigenvalue weighted by molar-refractivity contribution is 5.68. The quantitative estimate of drug-likeness (QED) is 0.820. The van der Waals surface area contributed by atoms with E-state index in [9.17, 15) is 4.79 Å². The van der Waals surface area contributed by atoms with E-state index >= 15 is 0 Å². The summed E-state index contributed by atoms with van der Waals surface area (Å²) in [7, 11) is 0. The number of alkyl carbamates (subject to hydrolysis) is 1. The van der Waals surface area contributed by atoms with E-state index in [0.29, 0.717) is 11.5 Å². The average Bonchev–Trinajstić information content (AvgIpc) is 2.73. The zero-order valence-electron chi connectivity index (χ0n) is 13.2. The molecule has 3 atom stereocenters. The van der Waals surface area contributed by atoms with Gasteiger partial charge in [-0.1, -0.05) is 40.0 Å². The number of nitrogens with one attached hydrogen (secondary N) is 1. The maximum Gasteiger partial charge on any atom is 0.407 e. The Labute approximate surface area is 122 Å². The van der Waals surface area contributed by atoms with Crippen molar-refractivity contribution < 1.29 is 9.53 Å². The third kappa shape index (κ3) is 2.14. The van der Waals surface area contributed by atoms with Crippen molar-refractivity contribution >= 4 is 6.09 Å². The molecule has 0 radical (unpaired) electrons. The summed E-state index contributed by atoms with van der Waals surface area (Å²) in [5, 5.41) is 3.09. The molecule has 3 saturated carbocycles. The summed E-state index contributed by atoms with van der Waals surface area (Å²) in [5.41, 5.74) is 0.477. The topological polar surface area (TPSA) is 38.3 Å². The molecule has 114 valence electrons. The van der Waals surface area contributed by atoms with Crippen LogP contribution in [0.25, 0.3) is 0 Å². The third-order valence-corrected chi connectivity index (χ3v) is 6.89. The van der Waals surface area contributed by atoms with Crippen molar-refractivity contribution in [3.8, 4) is 0 Å². The van der Waals surface area contributed by atoms with Crippen molar-refractivity contribution in [2.24, 2.45) is 16.7 Å². The van der Waals surface area contributed by atoms with Crippen molar-refractivity contribution in [3.63, 3.8) is 0 Å². The first-order valence-corrected chi connectivity index (χ1v) is 8.40. The molecule has 3 aliphatic carbocycles. The Morgan fingerprint density at radius 2 is 1.80 bits per heavy atom. The van der Waals surface area contributed by atoms with Crippen LogP contribution in [0.2, 0.25) is 0 Å². The van der Waals surface area contributed by atoms with Crippen LogP contribution in [-0.4, -0.2) is 18.2 Å². The number of carbonyl (C=O) groups excluding carboxylic acids is 1. The molecule has 2 bridgehead atoms. The lowest BCUT2D eigenvalue weighted by Gasteiger charge is -2.38. The Morgan fingerprint density at radius 3 is 2.35 bits per heavy atom. The molecule has 0 saturated heterocycles. The number of fused-ring (bicyclic) bond motifs is 2. The predicted molar refractivity (Wildman–Crippen MR) is 79.5 cm³/mol. The molecular weight excluding hydrogens is 250 g/mol. The first kappa shape index (κ1) is 14.2. The monoisotopic (exact) mass is 279 g/mol. The number of carbonyl (C=O) groups is 1. The fourth-order valence-corrected chi connectivity index (χ4v) is 4.89. The van der Waals surface area contributed by atoms with Gasteiger partial charge in [-0.15, -0.1) is 0 Å². The van der Waals surface area contributed by atoms with Gasteiger partial charge in [0.15, 0.2) is 0 Å². The molecule has 3 fully saturated rings. The van der Waals surface area contributed by atoms with E-state index in [1.807, 2.05) is 0 Å². The molecule has 3 aliphatic rings. The maximum atomic E-state index is 12.2. The van der Waals surface area contributed by atoms with E-state index in [0.717, 1.165) is 25.2 Å². The number of hydrogen-bond donors (Lipinski definition) is 1. The number of amides is 1. The van der Waals surface area contributed by atoms with Gasteiger partial charge in [-0.3, -0.25) is 0 Å². The van der Waals surface area contributed by atoms with Gasteiger partial charge < -0.3 is 10.1 Å². The Balaban J connectivity index is 1.57. The molecule has 0 aromatic heterocycles. The van der Waals surface area contributed by atoms with Crippen molar-refractivity contribution in [2.45, 2.75) is 84.3 Å². The highest BCUT2D eigenvalue weighted by Gasteiger charge is 2.62. The predicted octanol–water partition coefficient (Wildman–Crippen LogP) is 4.26. The van der Waals surface area contributed by atoms with Crippen LogP contribution >= 0.6 is 0 Å². The molecule has 3 rings (SSSR count). The van der Waals surface area contributed by atoms with Gasteiger partial charge in [-0.2, -0.15) is 0 Å². The number of rotatable bonds is 2. The summed E-state index contributed by atoms with van der Waals surface area (Å²) in [4.78, 5) is 12.2. The van der Waals surface area contributed by atoms with Gasteiger partial charge in [-0.05, 0) is 43.4 Å². The molecule has 0 aromatic carbocycles. The summed E-state index contributed by atoms with van der Waals surface area (Å²) < 4.78 is 5.84. The van der Waals surface area contributed by atoms with E-state index < -0.39 is 0 Å². The van der Waals surface area contributed by atoms with Gasteiger partial charge in [0.1, 0.15) is 6.10 Å². The van der Waals surface area contributed by atoms with Crippen LogP contribution in [0.5, 0.6) is 0 Å². The zero-order chi connectivity index (χ0) is 14.4. The summed E-state index contributed by atoms with van der Waals surface area (Å²) in [5.74, 6) is 0.722. The van der Waals surface area contributed by atoms with Crippen molar-refractivity contribution in [3.05, 3.63) is 0 Å². The van der Waals surface area contributed by atoms with E-state index in [2.05, 4.69) is 26.1 Å². The highest BCUT2D eigenvalue weighted by Crippen LogP contribution is 2.66. The molecular formula is C17H29NO2. The minimum Gasteiger partial charge on any atom is -0.446 e. The SMILES string of the molecule is CC1(C)[C@H]2CC[C@]1(C)[C@H](OC(=O)NC1CCCCC1)C2. The zero-order valence-corrected chi connectivity index (χ0v) is 13.2. The molecule has 3 heteroatoms. The van der Waals surface area contributed by atoms with E-state index in [1.165, 1.54) is 32.1 Å². The summed E-state index contributed by atoms with van der Waals surface area (Å²) in [6, 6.07) is 0.343. The molecule has 0 unspecified atom stereocenters. The smallest absolute Gasteiger partial charge is 0.407 e. The molecule has 0 aliphatic heterocycles. The summed E-state index contributed by atoms with van der Waals surface area (Å²) in [6.45, 7) is 7.03. The lowest BCUT2D eigenvalue weighted by atomic mass is 9.70. The van der Waals surface area contributed by atoms with Crippen LogP contribution in [-0.2, 0) is 4.74 Å². The summed E-state index contributed by atoms with van der Waals surface area (Å²) in [6.07, 6.45) is 9.51. The molecule has 0 aromatic rings. The first-order chi connectivity index (χ1) is 9.43. The van der Waals surface area contributed by atoms with Crippen LogP contribution in [0.15, 0.2) is 0 Å². The van der Waals surface area contributed by atoms with E-state index in [-0.39, 0.29) is 17.6 Å². The maximum absolute atomic E-state index is 12.2. The number of ether oxygens (including phenoxy) is 1. The molecule has 0 heterocycles. The average molecular weight is 279 g/mol. The summed E-state index contributed by atoms with van der Waals surface area (Å²) >= 11 is 0. The van der Waals surface area contributed by atoms with Crippen LogP contribution in [0.4, 0.5) is 4.79 Å². The fraction of sp³-hybridized carbons (Fsp3) is 0.941. The van der Waals surface area contributed by atoms with E-state index in [4.69, 9.17) is 4.74 Å². The second kappa shape index (κ2) is 4.92. The Morgan fingerprint density at radius 1 is 1.10 bits per heavy atom. The molecule has 3 nitrogen and oxygen atoms in total. The fourth-order valence-electron chi connectivity index (χ4n) is 4.89. The molecule has 1 amide bonds. The lowest BCUT2D eigenvalue weighted by Crippen LogP contribution is -2.43. The van der Waals surface area contributed by atoms with Gasteiger partial charge in [0, 0.05) is 11.5 Å².